The maximum Gasteiger partial charge on any atom is 0.264 e. The maximum atomic E-state index is 12.1. The second-order valence-electron chi connectivity index (χ2n) is 6.45. The van der Waals surface area contributed by atoms with Gasteiger partial charge in [-0.05, 0) is 36.2 Å². The van der Waals surface area contributed by atoms with Gasteiger partial charge in [-0.1, -0.05) is 24.3 Å². The van der Waals surface area contributed by atoms with E-state index in [1.54, 1.807) is 24.0 Å². The number of carbonyl (C=O) groups excluding carboxylic acids is 2. The van der Waals surface area contributed by atoms with Gasteiger partial charge in [0.2, 0.25) is 5.91 Å². The third kappa shape index (κ3) is 4.75. The number of ether oxygens (including phenoxy) is 1. The minimum atomic E-state index is -0.254. The van der Waals surface area contributed by atoms with E-state index in [0.29, 0.717) is 17.4 Å². The Hall–Kier alpha value is -2.90. The quantitative estimate of drug-likeness (QED) is 0.661. The number of nitrogens with zero attached hydrogens (tertiary/aromatic N) is 2. The molecule has 0 saturated carbocycles. The summed E-state index contributed by atoms with van der Waals surface area (Å²) in [5.74, 6) is 0.453. The Kier molecular flexibility index (Phi) is 6.51. The number of para-hydroxylation sites is 1. The third-order valence-electron chi connectivity index (χ3n) is 4.51. The number of hydrogen-bond acceptors (Lipinski definition) is 5. The lowest BCUT2D eigenvalue weighted by Crippen LogP contribution is -2.25. The van der Waals surface area contributed by atoms with Crippen LogP contribution in [-0.2, 0) is 16.0 Å². The van der Waals surface area contributed by atoms with Crippen LogP contribution in [0.1, 0.15) is 12.5 Å². The highest BCUT2D eigenvalue weighted by molar-refractivity contribution is 7.14. The van der Waals surface area contributed by atoms with Crippen molar-refractivity contribution in [1.29, 1.82) is 0 Å². The molecule has 0 fully saturated rings. The predicted octanol–water partition coefficient (Wildman–Crippen LogP) is 4.16. The van der Waals surface area contributed by atoms with Crippen LogP contribution < -0.4 is 15.0 Å². The molecule has 2 heterocycles. The van der Waals surface area contributed by atoms with E-state index < -0.39 is 0 Å². The van der Waals surface area contributed by atoms with Gasteiger partial charge in [0.1, 0.15) is 5.75 Å². The van der Waals surface area contributed by atoms with Gasteiger partial charge in [0.15, 0.2) is 11.7 Å². The first kappa shape index (κ1) is 20.8. The largest absolute Gasteiger partial charge is 0.484 e. The minimum Gasteiger partial charge on any atom is -0.484 e. The third-order valence-corrected chi connectivity index (χ3v) is 5.27. The second-order valence-corrected chi connectivity index (χ2v) is 7.31. The number of fused-ring (bicyclic) bond motifs is 1. The smallest absolute Gasteiger partial charge is 0.264 e. The van der Waals surface area contributed by atoms with Crippen molar-refractivity contribution in [2.45, 2.75) is 13.3 Å². The summed E-state index contributed by atoms with van der Waals surface area (Å²) in [5, 5.41) is 5.21. The number of benzene rings is 2. The van der Waals surface area contributed by atoms with E-state index in [1.807, 2.05) is 35.7 Å². The summed E-state index contributed by atoms with van der Waals surface area (Å²) in [6, 6.07) is 15.2. The average molecular weight is 430 g/mol. The minimum absolute atomic E-state index is 0. The molecule has 2 amide bonds. The number of hydrogen-bond donors (Lipinski definition) is 1. The molecule has 0 radical (unpaired) electrons. The van der Waals surface area contributed by atoms with Crippen molar-refractivity contribution in [3.8, 4) is 17.0 Å². The monoisotopic (exact) mass is 429 g/mol. The molecule has 0 saturated heterocycles. The molecule has 1 aromatic heterocycles. The highest BCUT2D eigenvalue weighted by atomic mass is 35.5. The van der Waals surface area contributed by atoms with Crippen LogP contribution >= 0.6 is 23.7 Å². The van der Waals surface area contributed by atoms with Gasteiger partial charge in [-0.25, -0.2) is 4.98 Å². The number of aromatic nitrogens is 1. The van der Waals surface area contributed by atoms with E-state index >= 15 is 0 Å². The molecule has 1 aliphatic heterocycles. The molecule has 6 nitrogen and oxygen atoms in total. The molecule has 0 spiro atoms. The zero-order valence-corrected chi connectivity index (χ0v) is 17.4. The SMILES string of the molecule is CC(=O)N1CCc2cc(-c3csc(NC(=O)COc4ccccc4)n3)ccc21.Cl. The Morgan fingerprint density at radius 1 is 1.21 bits per heavy atom. The van der Waals surface area contributed by atoms with Gasteiger partial charge in [-0.2, -0.15) is 0 Å². The number of amides is 2. The molecular weight excluding hydrogens is 410 g/mol. The lowest BCUT2D eigenvalue weighted by molar-refractivity contribution is -0.118. The summed E-state index contributed by atoms with van der Waals surface area (Å²) in [6.07, 6.45) is 0.841. The van der Waals surface area contributed by atoms with Gasteiger partial charge in [0.25, 0.3) is 5.91 Å². The molecule has 3 aromatic rings. The highest BCUT2D eigenvalue weighted by Crippen LogP contribution is 2.33. The Labute approximate surface area is 178 Å². The van der Waals surface area contributed by atoms with Gasteiger partial charge in [0, 0.05) is 30.1 Å². The first-order chi connectivity index (χ1) is 13.6. The van der Waals surface area contributed by atoms with Crippen LogP contribution in [0.3, 0.4) is 0 Å². The van der Waals surface area contributed by atoms with Gasteiger partial charge in [-0.15, -0.1) is 23.7 Å². The number of nitrogens with one attached hydrogen (secondary N) is 1. The Morgan fingerprint density at radius 3 is 2.76 bits per heavy atom. The summed E-state index contributed by atoms with van der Waals surface area (Å²) >= 11 is 1.37. The van der Waals surface area contributed by atoms with Crippen molar-refractivity contribution in [1.82, 2.24) is 4.98 Å². The normalized spacial score (nSPS) is 12.1. The van der Waals surface area contributed by atoms with Gasteiger partial charge >= 0.3 is 0 Å². The van der Waals surface area contributed by atoms with E-state index in [4.69, 9.17) is 4.74 Å². The molecular formula is C21H20ClN3O3S. The van der Waals surface area contributed by atoms with Crippen LogP contribution in [0.4, 0.5) is 10.8 Å². The second kappa shape index (κ2) is 9.07. The van der Waals surface area contributed by atoms with E-state index in [2.05, 4.69) is 16.4 Å². The number of halogens is 1. The van der Waals surface area contributed by atoms with Crippen LogP contribution in [0.2, 0.25) is 0 Å². The van der Waals surface area contributed by atoms with Crippen molar-refractivity contribution in [3.63, 3.8) is 0 Å². The van der Waals surface area contributed by atoms with Gasteiger partial charge in [-0.3, -0.25) is 14.9 Å². The van der Waals surface area contributed by atoms with E-state index in [-0.39, 0.29) is 30.8 Å². The van der Waals surface area contributed by atoms with Crippen LogP contribution in [-0.4, -0.2) is 29.9 Å². The van der Waals surface area contributed by atoms with Gasteiger partial charge in [0.05, 0.1) is 5.69 Å². The van der Waals surface area contributed by atoms with E-state index in [0.717, 1.165) is 28.9 Å². The van der Waals surface area contributed by atoms with E-state index in [9.17, 15) is 9.59 Å². The molecule has 150 valence electrons. The standard InChI is InChI=1S/C21H19N3O3S.ClH/c1-14(25)24-10-9-16-11-15(7-8-19(16)24)18-13-28-21(22-18)23-20(26)12-27-17-5-3-2-4-6-17;/h2-8,11,13H,9-10,12H2,1H3,(H,22,23,26);1H. The van der Waals surface area contributed by atoms with Crippen molar-refractivity contribution < 1.29 is 14.3 Å². The summed E-state index contributed by atoms with van der Waals surface area (Å²) in [7, 11) is 0. The summed E-state index contributed by atoms with van der Waals surface area (Å²) in [5.41, 5.74) is 3.88. The summed E-state index contributed by atoms with van der Waals surface area (Å²) in [4.78, 5) is 30.1. The molecule has 0 unspecified atom stereocenters. The Bertz CT molecular complexity index is 1020. The molecule has 8 heteroatoms. The van der Waals surface area contributed by atoms with Gasteiger partial charge < -0.3 is 9.64 Å². The van der Waals surface area contributed by atoms with Crippen LogP contribution in [0.25, 0.3) is 11.3 Å². The van der Waals surface area contributed by atoms with Crippen LogP contribution in [0.5, 0.6) is 5.75 Å². The molecule has 0 bridgehead atoms. The number of rotatable bonds is 5. The molecule has 2 aromatic carbocycles. The topological polar surface area (TPSA) is 71.5 Å². The van der Waals surface area contributed by atoms with E-state index in [1.165, 1.54) is 11.3 Å². The zero-order chi connectivity index (χ0) is 19.5. The fourth-order valence-corrected chi connectivity index (χ4v) is 3.91. The van der Waals surface area contributed by atoms with Crippen molar-refractivity contribution in [2.24, 2.45) is 0 Å². The Morgan fingerprint density at radius 2 is 2.00 bits per heavy atom. The predicted molar refractivity (Wildman–Crippen MR) is 117 cm³/mol. The molecule has 1 aliphatic rings. The first-order valence-corrected chi connectivity index (χ1v) is 9.83. The maximum absolute atomic E-state index is 12.1. The lowest BCUT2D eigenvalue weighted by Gasteiger charge is -2.14. The fraction of sp³-hybridized carbons (Fsp3) is 0.190. The van der Waals surface area contributed by atoms with Crippen LogP contribution in [0.15, 0.2) is 53.9 Å². The fourth-order valence-electron chi connectivity index (χ4n) is 3.17. The molecule has 0 atom stereocenters. The van der Waals surface area contributed by atoms with Crippen molar-refractivity contribution in [3.05, 3.63) is 59.5 Å². The molecule has 4 rings (SSSR count). The van der Waals surface area contributed by atoms with Crippen LogP contribution in [0, 0.1) is 0 Å². The summed E-state index contributed by atoms with van der Waals surface area (Å²) in [6.45, 7) is 2.23. The lowest BCUT2D eigenvalue weighted by atomic mass is 10.1. The van der Waals surface area contributed by atoms with Crippen molar-refractivity contribution in [2.75, 3.05) is 23.4 Å². The number of thiazole rings is 1. The molecule has 1 N–H and O–H groups in total. The first-order valence-electron chi connectivity index (χ1n) is 8.95. The Balaban J connectivity index is 0.00000240. The number of anilines is 2. The molecule has 0 aliphatic carbocycles. The average Bonchev–Trinajstić information content (AvgIpc) is 3.33. The molecule has 29 heavy (non-hydrogen) atoms. The van der Waals surface area contributed by atoms with Crippen molar-refractivity contribution >= 4 is 46.4 Å². The summed E-state index contributed by atoms with van der Waals surface area (Å²) < 4.78 is 5.44. The zero-order valence-electron chi connectivity index (χ0n) is 15.8. The highest BCUT2D eigenvalue weighted by Gasteiger charge is 2.22. The number of carbonyl (C=O) groups is 2.